The van der Waals surface area contributed by atoms with Gasteiger partial charge in [-0.2, -0.15) is 5.10 Å². The van der Waals surface area contributed by atoms with Crippen LogP contribution in [0.1, 0.15) is 47.3 Å². The number of carbonyl (C=O) groups excluding carboxylic acids is 1. The highest BCUT2D eigenvalue weighted by molar-refractivity contribution is 5.95. The fourth-order valence-electron chi connectivity index (χ4n) is 3.21. The molecule has 35 heavy (non-hydrogen) atoms. The van der Waals surface area contributed by atoms with Gasteiger partial charge in [-0.05, 0) is 67.8 Å². The van der Waals surface area contributed by atoms with Crippen molar-refractivity contribution in [3.05, 3.63) is 82.9 Å². The van der Waals surface area contributed by atoms with Crippen LogP contribution in [0.4, 0.5) is 0 Å². The third-order valence-electron chi connectivity index (χ3n) is 5.05. The number of aryl methyl sites for hydroxylation is 1. The lowest BCUT2D eigenvalue weighted by atomic mass is 10.2. The summed E-state index contributed by atoms with van der Waals surface area (Å²) >= 11 is 0. The highest BCUT2D eigenvalue weighted by atomic mass is 16.5. The number of hydrazone groups is 1. The van der Waals surface area contributed by atoms with Crippen LogP contribution in [0.25, 0.3) is 0 Å². The van der Waals surface area contributed by atoms with Crippen molar-refractivity contribution in [2.24, 2.45) is 5.10 Å². The first-order valence-electron chi connectivity index (χ1n) is 11.6. The Kier molecular flexibility index (Phi) is 9.54. The molecule has 0 heterocycles. The Bertz CT molecular complexity index is 1140. The van der Waals surface area contributed by atoms with Crippen molar-refractivity contribution in [1.29, 1.82) is 0 Å². The third kappa shape index (κ3) is 7.50. The van der Waals surface area contributed by atoms with Gasteiger partial charge in [0.2, 0.25) is 0 Å². The maximum atomic E-state index is 12.5. The van der Waals surface area contributed by atoms with E-state index in [1.165, 1.54) is 12.7 Å². The number of nitrogens with one attached hydrogen (secondary N) is 1. The zero-order valence-electron chi connectivity index (χ0n) is 20.7. The molecule has 0 aliphatic heterocycles. The molecule has 3 aromatic rings. The number of rotatable bonds is 12. The molecule has 184 valence electrons. The molecule has 0 saturated heterocycles. The second kappa shape index (κ2) is 13.0. The SMILES string of the molecule is CCCOc1ccc(C(=O)N/N=C/c2ccc(OCc3ccc(C)cc3)c(OCC)c2)cc1OC. The minimum absolute atomic E-state index is 0.357. The van der Waals surface area contributed by atoms with Crippen LogP contribution in [0.3, 0.4) is 0 Å². The molecule has 0 aliphatic carbocycles. The maximum Gasteiger partial charge on any atom is 0.271 e. The Morgan fingerprint density at radius 1 is 0.886 bits per heavy atom. The molecule has 0 atom stereocenters. The van der Waals surface area contributed by atoms with Crippen molar-refractivity contribution in [3.8, 4) is 23.0 Å². The fourth-order valence-corrected chi connectivity index (χ4v) is 3.21. The van der Waals surface area contributed by atoms with Gasteiger partial charge < -0.3 is 18.9 Å². The maximum absolute atomic E-state index is 12.5. The van der Waals surface area contributed by atoms with E-state index in [9.17, 15) is 4.79 Å². The van der Waals surface area contributed by atoms with E-state index in [1.54, 1.807) is 24.4 Å². The summed E-state index contributed by atoms with van der Waals surface area (Å²) in [4.78, 5) is 12.5. The average molecular weight is 477 g/mol. The van der Waals surface area contributed by atoms with E-state index in [1.807, 2.05) is 44.2 Å². The zero-order valence-corrected chi connectivity index (χ0v) is 20.7. The monoisotopic (exact) mass is 476 g/mol. The average Bonchev–Trinajstić information content (AvgIpc) is 2.88. The fraction of sp³-hybridized carbons (Fsp3) is 0.286. The van der Waals surface area contributed by atoms with Crippen molar-refractivity contribution in [2.45, 2.75) is 33.8 Å². The molecule has 3 rings (SSSR count). The number of hydrogen-bond donors (Lipinski definition) is 1. The zero-order chi connectivity index (χ0) is 25.0. The van der Waals surface area contributed by atoms with Crippen LogP contribution in [0.2, 0.25) is 0 Å². The van der Waals surface area contributed by atoms with E-state index in [0.717, 1.165) is 17.5 Å². The summed E-state index contributed by atoms with van der Waals surface area (Å²) in [7, 11) is 1.54. The smallest absolute Gasteiger partial charge is 0.271 e. The minimum Gasteiger partial charge on any atom is -0.493 e. The van der Waals surface area contributed by atoms with Gasteiger partial charge in [0, 0.05) is 5.56 Å². The number of carbonyl (C=O) groups is 1. The van der Waals surface area contributed by atoms with Crippen LogP contribution in [-0.4, -0.2) is 32.4 Å². The second-order valence-corrected chi connectivity index (χ2v) is 7.83. The molecule has 1 amide bonds. The minimum atomic E-state index is -0.357. The van der Waals surface area contributed by atoms with Gasteiger partial charge in [-0.25, -0.2) is 5.43 Å². The van der Waals surface area contributed by atoms with Crippen molar-refractivity contribution in [1.82, 2.24) is 5.43 Å². The van der Waals surface area contributed by atoms with Crippen LogP contribution in [0, 0.1) is 6.92 Å². The predicted molar refractivity (Wildman–Crippen MR) is 137 cm³/mol. The lowest BCUT2D eigenvalue weighted by molar-refractivity contribution is 0.0954. The number of methoxy groups -OCH3 is 1. The largest absolute Gasteiger partial charge is 0.493 e. The number of amides is 1. The summed E-state index contributed by atoms with van der Waals surface area (Å²) < 4.78 is 22.7. The van der Waals surface area contributed by atoms with Crippen molar-refractivity contribution in [2.75, 3.05) is 20.3 Å². The van der Waals surface area contributed by atoms with Gasteiger partial charge in [0.05, 0.1) is 26.5 Å². The lowest BCUT2D eigenvalue weighted by Crippen LogP contribution is -2.17. The van der Waals surface area contributed by atoms with Crippen molar-refractivity contribution in [3.63, 3.8) is 0 Å². The van der Waals surface area contributed by atoms with E-state index in [-0.39, 0.29) is 5.91 Å². The molecule has 0 fully saturated rings. The van der Waals surface area contributed by atoms with Crippen LogP contribution in [0.15, 0.2) is 65.8 Å². The summed E-state index contributed by atoms with van der Waals surface area (Å²) in [5.41, 5.74) is 6.00. The normalized spacial score (nSPS) is 10.7. The molecule has 7 heteroatoms. The van der Waals surface area contributed by atoms with Crippen LogP contribution >= 0.6 is 0 Å². The predicted octanol–water partition coefficient (Wildman–Crippen LogP) is 5.53. The Morgan fingerprint density at radius 2 is 1.63 bits per heavy atom. The summed E-state index contributed by atoms with van der Waals surface area (Å²) in [6.45, 7) is 7.50. The van der Waals surface area contributed by atoms with Crippen LogP contribution in [-0.2, 0) is 6.61 Å². The highest BCUT2D eigenvalue weighted by Crippen LogP contribution is 2.29. The molecule has 0 aliphatic rings. The van der Waals surface area contributed by atoms with E-state index in [0.29, 0.717) is 48.4 Å². The standard InChI is InChI=1S/C28H32N2O5/c1-5-15-34-24-14-12-23(17-26(24)32-4)28(31)30-29-18-22-11-13-25(27(16-22)33-6-2)35-19-21-9-7-20(3)8-10-21/h7-14,16-18H,5-6,15,19H2,1-4H3,(H,30,31)/b29-18+. The Labute approximate surface area is 206 Å². The highest BCUT2D eigenvalue weighted by Gasteiger charge is 2.11. The molecule has 0 radical (unpaired) electrons. The Hall–Kier alpha value is -4.00. The van der Waals surface area contributed by atoms with Gasteiger partial charge in [-0.15, -0.1) is 0 Å². The number of ether oxygens (including phenoxy) is 4. The molecular weight excluding hydrogens is 444 g/mol. The van der Waals surface area contributed by atoms with Gasteiger partial charge in [-0.3, -0.25) is 4.79 Å². The van der Waals surface area contributed by atoms with Gasteiger partial charge in [0.25, 0.3) is 5.91 Å². The van der Waals surface area contributed by atoms with Gasteiger partial charge >= 0.3 is 0 Å². The molecule has 0 spiro atoms. The number of benzene rings is 3. The summed E-state index contributed by atoms with van der Waals surface area (Å²) in [5.74, 6) is 2.00. The Balaban J connectivity index is 1.64. The molecule has 7 nitrogen and oxygen atoms in total. The van der Waals surface area contributed by atoms with Crippen molar-refractivity contribution >= 4 is 12.1 Å². The first-order valence-corrected chi connectivity index (χ1v) is 11.6. The molecule has 0 bridgehead atoms. The quantitative estimate of drug-likeness (QED) is 0.275. The van der Waals surface area contributed by atoms with E-state index >= 15 is 0 Å². The second-order valence-electron chi connectivity index (χ2n) is 7.83. The molecule has 0 saturated carbocycles. The Morgan fingerprint density at radius 3 is 2.34 bits per heavy atom. The summed E-state index contributed by atoms with van der Waals surface area (Å²) in [5, 5.41) is 4.09. The number of hydrogen-bond acceptors (Lipinski definition) is 6. The van der Waals surface area contributed by atoms with E-state index in [4.69, 9.17) is 18.9 Å². The topological polar surface area (TPSA) is 78.4 Å². The molecule has 3 aromatic carbocycles. The summed E-state index contributed by atoms with van der Waals surface area (Å²) in [6, 6.07) is 18.7. The van der Waals surface area contributed by atoms with Crippen LogP contribution < -0.4 is 24.4 Å². The first kappa shape index (κ1) is 25.6. The lowest BCUT2D eigenvalue weighted by Gasteiger charge is -2.13. The number of nitrogens with zero attached hydrogens (tertiary/aromatic N) is 1. The molecule has 1 N–H and O–H groups in total. The van der Waals surface area contributed by atoms with Gasteiger partial charge in [-0.1, -0.05) is 36.8 Å². The van der Waals surface area contributed by atoms with Crippen LogP contribution in [0.5, 0.6) is 23.0 Å². The summed E-state index contributed by atoms with van der Waals surface area (Å²) in [6.07, 6.45) is 2.44. The third-order valence-corrected chi connectivity index (χ3v) is 5.05. The molecule has 0 aromatic heterocycles. The van der Waals surface area contributed by atoms with E-state index < -0.39 is 0 Å². The van der Waals surface area contributed by atoms with Crippen molar-refractivity contribution < 1.29 is 23.7 Å². The van der Waals surface area contributed by atoms with Gasteiger partial charge in [0.15, 0.2) is 23.0 Å². The van der Waals surface area contributed by atoms with E-state index in [2.05, 4.69) is 29.6 Å². The van der Waals surface area contributed by atoms with Gasteiger partial charge in [0.1, 0.15) is 6.61 Å². The molecular formula is C28H32N2O5. The first-order chi connectivity index (χ1) is 17.0. The molecule has 0 unspecified atom stereocenters.